The molecule has 10 nitrogen and oxygen atoms in total. The van der Waals surface area contributed by atoms with Gasteiger partial charge in [-0.15, -0.1) is 0 Å². The molecule has 0 spiro atoms. The van der Waals surface area contributed by atoms with E-state index in [-0.39, 0.29) is 12.3 Å². The van der Waals surface area contributed by atoms with Gasteiger partial charge in [0.15, 0.2) is 11.3 Å². The average molecular weight is 402 g/mol. The van der Waals surface area contributed by atoms with Crippen LogP contribution in [-0.2, 0) is 13.9 Å². The number of nitrogens with zero attached hydrogens (tertiary/aromatic N) is 1. The molecule has 1 rings (SSSR count). The van der Waals surface area contributed by atoms with Crippen LogP contribution in [-0.4, -0.2) is 41.9 Å². The minimum atomic E-state index is -4.77. The molecule has 1 aromatic rings. The molecule has 0 aliphatic carbocycles. The van der Waals surface area contributed by atoms with Crippen LogP contribution >= 0.6 is 15.2 Å². The van der Waals surface area contributed by atoms with Gasteiger partial charge in [0.25, 0.3) is 0 Å². The summed E-state index contributed by atoms with van der Waals surface area (Å²) in [6.45, 7) is 6.90. The van der Waals surface area contributed by atoms with Crippen LogP contribution in [0.25, 0.3) is 0 Å². The molecule has 0 bridgehead atoms. The zero-order valence-electron chi connectivity index (χ0n) is 14.8. The van der Waals surface area contributed by atoms with Crippen molar-refractivity contribution in [3.8, 4) is 0 Å². The number of amides is 1. The lowest BCUT2D eigenvalue weighted by Crippen LogP contribution is -2.23. The van der Waals surface area contributed by atoms with Gasteiger partial charge in [-0.1, -0.05) is 20.8 Å². The summed E-state index contributed by atoms with van der Waals surface area (Å²) in [7, 11) is -9.54. The number of carbonyl (C=O) groups excluding carboxylic acids is 1. The van der Waals surface area contributed by atoms with Crippen molar-refractivity contribution in [2.45, 2.75) is 51.9 Å². The first-order chi connectivity index (χ1) is 11.4. The Morgan fingerprint density at radius 3 is 1.84 bits per heavy atom. The summed E-state index contributed by atoms with van der Waals surface area (Å²) >= 11 is 0. The SMILES string of the molecule is CCC(C)(P(=O)(O)O)P(=O)(O)O.CCCNC(=O)CC.c1cocn1. The highest BCUT2D eigenvalue weighted by Crippen LogP contribution is 2.70. The first kappa shape index (κ1) is 26.2. The van der Waals surface area contributed by atoms with E-state index in [9.17, 15) is 13.9 Å². The Hall–Kier alpha value is -1.02. The molecule has 0 saturated carbocycles. The third kappa shape index (κ3) is 10.5. The lowest BCUT2D eigenvalue weighted by Gasteiger charge is -2.29. The van der Waals surface area contributed by atoms with Crippen molar-refractivity contribution in [2.75, 3.05) is 6.54 Å². The standard InChI is InChI=1S/C6H13NO.C4H12O6P2.C3H3NO/c1-3-5-7-6(8)4-2;1-3-4(2,11(5,6)7)12(8,9)10;1-2-5-3-4-1/h3-5H2,1-2H3,(H,7,8);3H2,1-2H3,(H2,5,6,7)(H2,8,9,10);1-3H. The summed E-state index contributed by atoms with van der Waals surface area (Å²) in [5.74, 6) is 0.145. The van der Waals surface area contributed by atoms with Gasteiger partial charge in [0.05, 0.1) is 6.20 Å². The van der Waals surface area contributed by atoms with E-state index < -0.39 is 20.1 Å². The second-order valence-electron chi connectivity index (χ2n) is 5.04. The fourth-order valence-corrected chi connectivity index (χ4v) is 3.33. The van der Waals surface area contributed by atoms with Crippen molar-refractivity contribution in [3.63, 3.8) is 0 Å². The molecule has 0 aromatic carbocycles. The summed E-state index contributed by atoms with van der Waals surface area (Å²) in [4.78, 5) is 46.5. The predicted octanol–water partition coefficient (Wildman–Crippen LogP) is 2.07. The first-order valence-corrected chi connectivity index (χ1v) is 10.8. The number of oxazole rings is 1. The molecule has 1 aromatic heterocycles. The average Bonchev–Trinajstić information content (AvgIpc) is 3.09. The predicted molar refractivity (Wildman–Crippen MR) is 92.9 cm³/mol. The second-order valence-corrected chi connectivity index (χ2v) is 9.54. The van der Waals surface area contributed by atoms with Crippen LogP contribution in [0.5, 0.6) is 0 Å². The van der Waals surface area contributed by atoms with E-state index in [2.05, 4.69) is 14.7 Å². The van der Waals surface area contributed by atoms with Crippen LogP contribution in [0.1, 0.15) is 47.0 Å². The highest BCUT2D eigenvalue weighted by molar-refractivity contribution is 7.72. The summed E-state index contributed by atoms with van der Waals surface area (Å²) < 4.78 is 25.9. The fourth-order valence-electron chi connectivity index (χ4n) is 1.15. The van der Waals surface area contributed by atoms with E-state index >= 15 is 0 Å². The van der Waals surface area contributed by atoms with E-state index in [0.29, 0.717) is 6.42 Å². The van der Waals surface area contributed by atoms with E-state index in [0.717, 1.165) is 19.9 Å². The largest absolute Gasteiger partial charge is 0.452 e. The monoisotopic (exact) mass is 402 g/mol. The summed E-state index contributed by atoms with van der Waals surface area (Å²) in [5.41, 5.74) is 0. The van der Waals surface area contributed by atoms with Crippen molar-refractivity contribution < 1.29 is 37.9 Å². The first-order valence-electron chi connectivity index (χ1n) is 7.57. The maximum Gasteiger partial charge on any atom is 0.343 e. The summed E-state index contributed by atoms with van der Waals surface area (Å²) in [6, 6.07) is 0. The maximum absolute atomic E-state index is 10.7. The van der Waals surface area contributed by atoms with Crippen LogP contribution in [0.4, 0.5) is 0 Å². The Kier molecular flexibility index (Phi) is 13.0. The van der Waals surface area contributed by atoms with Gasteiger partial charge >= 0.3 is 15.2 Å². The normalized spacial score (nSPS) is 11.5. The van der Waals surface area contributed by atoms with Crippen LogP contribution in [0.3, 0.4) is 0 Å². The number of nitrogens with one attached hydrogen (secondary N) is 1. The van der Waals surface area contributed by atoms with Gasteiger partial charge in [0, 0.05) is 13.0 Å². The van der Waals surface area contributed by atoms with Crippen LogP contribution in [0.15, 0.2) is 23.3 Å². The van der Waals surface area contributed by atoms with Crippen LogP contribution in [0, 0.1) is 0 Å². The van der Waals surface area contributed by atoms with Crippen molar-refractivity contribution >= 4 is 21.1 Å². The Labute approximate surface area is 147 Å². The molecule has 25 heavy (non-hydrogen) atoms. The molecule has 148 valence electrons. The molecule has 0 aliphatic rings. The lowest BCUT2D eigenvalue weighted by atomic mass is 10.4. The van der Waals surface area contributed by atoms with Crippen molar-refractivity contribution in [1.82, 2.24) is 10.3 Å². The summed E-state index contributed by atoms with van der Waals surface area (Å²) in [5, 5.41) is 2.74. The molecule has 0 radical (unpaired) electrons. The molecule has 0 saturated heterocycles. The zero-order chi connectivity index (χ0) is 20.1. The molecule has 12 heteroatoms. The van der Waals surface area contributed by atoms with Gasteiger partial charge in [-0.25, -0.2) is 4.98 Å². The Morgan fingerprint density at radius 2 is 1.68 bits per heavy atom. The number of hydrogen-bond donors (Lipinski definition) is 5. The second kappa shape index (κ2) is 12.4. The molecule has 0 unspecified atom stereocenters. The highest BCUT2D eigenvalue weighted by Gasteiger charge is 2.54. The minimum absolute atomic E-state index is 0.145. The van der Waals surface area contributed by atoms with Gasteiger partial charge in [0.1, 0.15) is 6.26 Å². The Morgan fingerprint density at radius 1 is 1.16 bits per heavy atom. The van der Waals surface area contributed by atoms with Crippen molar-refractivity contribution in [3.05, 3.63) is 18.9 Å². The topological polar surface area (TPSA) is 170 Å². The molecule has 0 atom stereocenters. The number of aromatic nitrogens is 1. The fraction of sp³-hybridized carbons (Fsp3) is 0.692. The van der Waals surface area contributed by atoms with Gasteiger partial charge < -0.3 is 29.3 Å². The van der Waals surface area contributed by atoms with Crippen molar-refractivity contribution in [2.24, 2.45) is 0 Å². The maximum atomic E-state index is 10.7. The lowest BCUT2D eigenvalue weighted by molar-refractivity contribution is -0.120. The number of hydrogen-bond acceptors (Lipinski definition) is 5. The Balaban J connectivity index is 0. The molecular formula is C13H28N2O8P2. The van der Waals surface area contributed by atoms with E-state index in [4.69, 9.17) is 19.6 Å². The van der Waals surface area contributed by atoms with Crippen LogP contribution in [0.2, 0.25) is 0 Å². The molecular weight excluding hydrogens is 374 g/mol. The smallest absolute Gasteiger partial charge is 0.343 e. The Bertz CT molecular complexity index is 513. The summed E-state index contributed by atoms with van der Waals surface area (Å²) in [6.07, 6.45) is 5.81. The van der Waals surface area contributed by atoms with E-state index in [1.807, 2.05) is 13.8 Å². The third-order valence-electron chi connectivity index (χ3n) is 3.17. The molecule has 5 N–H and O–H groups in total. The van der Waals surface area contributed by atoms with Gasteiger partial charge in [0.2, 0.25) is 5.91 Å². The van der Waals surface area contributed by atoms with Crippen LogP contribution < -0.4 is 5.32 Å². The highest BCUT2D eigenvalue weighted by atomic mass is 31.2. The molecule has 0 fully saturated rings. The van der Waals surface area contributed by atoms with Gasteiger partial charge in [-0.2, -0.15) is 0 Å². The number of carbonyl (C=O) groups is 1. The molecule has 1 amide bonds. The van der Waals surface area contributed by atoms with Crippen molar-refractivity contribution in [1.29, 1.82) is 0 Å². The zero-order valence-corrected chi connectivity index (χ0v) is 16.6. The molecule has 1 heterocycles. The van der Waals surface area contributed by atoms with E-state index in [1.165, 1.54) is 19.6 Å². The quantitative estimate of drug-likeness (QED) is 0.447. The number of rotatable bonds is 6. The minimum Gasteiger partial charge on any atom is -0.452 e. The van der Waals surface area contributed by atoms with Gasteiger partial charge in [-0.05, 0) is 19.8 Å². The third-order valence-corrected chi connectivity index (χ3v) is 7.87. The molecule has 0 aliphatic heterocycles. The van der Waals surface area contributed by atoms with Gasteiger partial charge in [-0.3, -0.25) is 13.9 Å². The van der Waals surface area contributed by atoms with E-state index in [1.54, 1.807) is 6.20 Å².